The van der Waals surface area contributed by atoms with Crippen LogP contribution < -0.4 is 10.6 Å². The number of ether oxygens (including phenoxy) is 1. The maximum atomic E-state index is 12.4. The van der Waals surface area contributed by atoms with Gasteiger partial charge in [-0.2, -0.15) is 0 Å². The summed E-state index contributed by atoms with van der Waals surface area (Å²) in [6.45, 7) is 2.91. The lowest BCUT2D eigenvalue weighted by Crippen LogP contribution is -2.58. The van der Waals surface area contributed by atoms with Crippen molar-refractivity contribution in [2.45, 2.75) is 25.4 Å². The highest BCUT2D eigenvalue weighted by Crippen LogP contribution is 2.17. The van der Waals surface area contributed by atoms with E-state index in [2.05, 4.69) is 31.3 Å². The van der Waals surface area contributed by atoms with Gasteiger partial charge in [-0.3, -0.25) is 19.3 Å². The maximum absolute atomic E-state index is 12.4. The van der Waals surface area contributed by atoms with Crippen LogP contribution in [0.3, 0.4) is 0 Å². The summed E-state index contributed by atoms with van der Waals surface area (Å²) < 4.78 is 5.61. The summed E-state index contributed by atoms with van der Waals surface area (Å²) in [4.78, 5) is 37.6. The third-order valence-corrected chi connectivity index (χ3v) is 4.65. The van der Waals surface area contributed by atoms with E-state index in [0.29, 0.717) is 13.1 Å². The Bertz CT molecular complexity index is 635. The Kier molecular flexibility index (Phi) is 6.95. The summed E-state index contributed by atoms with van der Waals surface area (Å²) in [7, 11) is 1.28. The highest BCUT2D eigenvalue weighted by molar-refractivity contribution is 9.10. The van der Waals surface area contributed by atoms with Crippen LogP contribution in [0.1, 0.15) is 24.9 Å². The molecule has 1 aliphatic heterocycles. The Morgan fingerprint density at radius 2 is 2.08 bits per heavy atom. The summed E-state index contributed by atoms with van der Waals surface area (Å²) in [5.41, 5.74) is 0.985. The normalized spacial score (nSPS) is 19.0. The Morgan fingerprint density at radius 3 is 2.72 bits per heavy atom. The number of hydrogen-bond acceptors (Lipinski definition) is 5. The van der Waals surface area contributed by atoms with E-state index in [1.54, 1.807) is 4.90 Å². The fourth-order valence-corrected chi connectivity index (χ4v) is 2.99. The lowest BCUT2D eigenvalue weighted by molar-refractivity contribution is -0.146. The first-order valence-electron chi connectivity index (χ1n) is 8.04. The van der Waals surface area contributed by atoms with Gasteiger partial charge in [-0.25, -0.2) is 0 Å². The van der Waals surface area contributed by atoms with Gasteiger partial charge < -0.3 is 15.4 Å². The number of nitrogens with one attached hydrogen (secondary N) is 2. The molecule has 2 rings (SSSR count). The zero-order chi connectivity index (χ0) is 18.4. The molecule has 0 unspecified atom stereocenters. The van der Waals surface area contributed by atoms with Crippen molar-refractivity contribution in [2.24, 2.45) is 0 Å². The van der Waals surface area contributed by atoms with E-state index < -0.39 is 12.0 Å². The summed E-state index contributed by atoms with van der Waals surface area (Å²) >= 11 is 3.38. The van der Waals surface area contributed by atoms with Crippen molar-refractivity contribution >= 4 is 33.7 Å². The third kappa shape index (κ3) is 5.54. The number of methoxy groups -OCH3 is 1. The number of piperazine rings is 1. The molecule has 0 aromatic heterocycles. The Labute approximate surface area is 155 Å². The van der Waals surface area contributed by atoms with Crippen LogP contribution >= 0.6 is 15.9 Å². The van der Waals surface area contributed by atoms with Crippen molar-refractivity contribution < 1.29 is 19.1 Å². The van der Waals surface area contributed by atoms with Gasteiger partial charge >= 0.3 is 5.97 Å². The minimum Gasteiger partial charge on any atom is -0.469 e. The van der Waals surface area contributed by atoms with Crippen LogP contribution in [0, 0.1) is 0 Å². The second kappa shape index (κ2) is 8.96. The maximum Gasteiger partial charge on any atom is 0.307 e. The predicted octanol–water partition coefficient (Wildman–Crippen LogP) is 0.990. The summed E-state index contributed by atoms with van der Waals surface area (Å²) in [5, 5.41) is 5.63. The summed E-state index contributed by atoms with van der Waals surface area (Å²) in [5.74, 6) is -0.930. The minimum atomic E-state index is -0.685. The molecule has 2 amide bonds. The number of halogens is 1. The fraction of sp³-hybridized carbons (Fsp3) is 0.471. The molecular formula is C17H22BrN3O4. The number of carbonyl (C=O) groups is 3. The van der Waals surface area contributed by atoms with Gasteiger partial charge in [0, 0.05) is 17.6 Å². The minimum absolute atomic E-state index is 0.0515. The SMILES string of the molecule is COC(=O)C[C@H]1C(=O)NCCN1CC(=O)N[C@H](C)c1ccc(Br)cc1. The molecule has 0 saturated carbocycles. The molecule has 1 fully saturated rings. The Balaban J connectivity index is 1.95. The van der Waals surface area contributed by atoms with Crippen LogP contribution in [-0.2, 0) is 19.1 Å². The van der Waals surface area contributed by atoms with E-state index in [0.717, 1.165) is 10.0 Å². The van der Waals surface area contributed by atoms with Gasteiger partial charge in [0.2, 0.25) is 11.8 Å². The number of rotatable bonds is 6. The molecule has 2 atom stereocenters. The molecule has 0 radical (unpaired) electrons. The van der Waals surface area contributed by atoms with Crippen molar-refractivity contribution in [1.82, 2.24) is 15.5 Å². The van der Waals surface area contributed by atoms with Gasteiger partial charge in [0.25, 0.3) is 0 Å². The van der Waals surface area contributed by atoms with Crippen molar-refractivity contribution in [3.8, 4) is 0 Å². The highest BCUT2D eigenvalue weighted by Gasteiger charge is 2.33. The average molecular weight is 412 g/mol. The molecule has 1 heterocycles. The van der Waals surface area contributed by atoms with Crippen LogP contribution in [0.2, 0.25) is 0 Å². The van der Waals surface area contributed by atoms with Gasteiger partial charge in [0.05, 0.1) is 26.1 Å². The molecule has 2 N–H and O–H groups in total. The van der Waals surface area contributed by atoms with E-state index >= 15 is 0 Å². The molecule has 7 nitrogen and oxygen atoms in total. The zero-order valence-corrected chi connectivity index (χ0v) is 15.8. The quantitative estimate of drug-likeness (QED) is 0.681. The summed E-state index contributed by atoms with van der Waals surface area (Å²) in [6.07, 6.45) is -0.0715. The standard InChI is InChI=1S/C17H22BrN3O4/c1-11(12-3-5-13(18)6-4-12)20-15(22)10-21-8-7-19-17(24)14(21)9-16(23)25-2/h3-6,11,14H,7-10H2,1-2H3,(H,19,24)(H,20,22)/t11-,14+/m1/s1. The van der Waals surface area contributed by atoms with E-state index in [4.69, 9.17) is 0 Å². The lowest BCUT2D eigenvalue weighted by atomic mass is 10.1. The fourth-order valence-electron chi connectivity index (χ4n) is 2.72. The van der Waals surface area contributed by atoms with E-state index in [1.807, 2.05) is 31.2 Å². The molecular weight excluding hydrogens is 390 g/mol. The average Bonchev–Trinajstić information content (AvgIpc) is 2.58. The van der Waals surface area contributed by atoms with Crippen LogP contribution in [-0.4, -0.2) is 55.5 Å². The van der Waals surface area contributed by atoms with E-state index in [-0.39, 0.29) is 30.8 Å². The van der Waals surface area contributed by atoms with Gasteiger partial charge in [-0.05, 0) is 24.6 Å². The van der Waals surface area contributed by atoms with Crippen LogP contribution in [0.15, 0.2) is 28.7 Å². The van der Waals surface area contributed by atoms with Gasteiger partial charge in [-0.15, -0.1) is 0 Å². The van der Waals surface area contributed by atoms with E-state index in [1.165, 1.54) is 7.11 Å². The first-order chi connectivity index (χ1) is 11.9. The number of esters is 1. The number of benzene rings is 1. The molecule has 0 aliphatic carbocycles. The van der Waals surface area contributed by atoms with Crippen molar-refractivity contribution in [1.29, 1.82) is 0 Å². The van der Waals surface area contributed by atoms with E-state index in [9.17, 15) is 14.4 Å². The second-order valence-electron chi connectivity index (χ2n) is 5.90. The zero-order valence-electron chi connectivity index (χ0n) is 14.3. The monoisotopic (exact) mass is 411 g/mol. The van der Waals surface area contributed by atoms with Crippen LogP contribution in [0.4, 0.5) is 0 Å². The summed E-state index contributed by atoms with van der Waals surface area (Å²) in [6, 6.07) is 6.86. The Morgan fingerprint density at radius 1 is 1.40 bits per heavy atom. The lowest BCUT2D eigenvalue weighted by Gasteiger charge is -2.34. The van der Waals surface area contributed by atoms with Crippen molar-refractivity contribution in [3.63, 3.8) is 0 Å². The predicted molar refractivity (Wildman–Crippen MR) is 95.7 cm³/mol. The highest BCUT2D eigenvalue weighted by atomic mass is 79.9. The number of carbonyl (C=O) groups excluding carboxylic acids is 3. The van der Waals surface area contributed by atoms with Gasteiger partial charge in [0.1, 0.15) is 6.04 Å². The molecule has 1 saturated heterocycles. The molecule has 1 aliphatic rings. The number of hydrogen-bond donors (Lipinski definition) is 2. The van der Waals surface area contributed by atoms with Crippen molar-refractivity contribution in [3.05, 3.63) is 34.3 Å². The third-order valence-electron chi connectivity index (χ3n) is 4.12. The molecule has 1 aromatic rings. The van der Waals surface area contributed by atoms with Crippen LogP contribution in [0.5, 0.6) is 0 Å². The van der Waals surface area contributed by atoms with Gasteiger partial charge in [0.15, 0.2) is 0 Å². The Hall–Kier alpha value is -1.93. The first kappa shape index (κ1) is 19.4. The van der Waals surface area contributed by atoms with Gasteiger partial charge in [-0.1, -0.05) is 28.1 Å². The molecule has 1 aromatic carbocycles. The molecule has 136 valence electrons. The molecule has 8 heteroatoms. The van der Waals surface area contributed by atoms with Crippen LogP contribution in [0.25, 0.3) is 0 Å². The second-order valence-corrected chi connectivity index (χ2v) is 6.81. The number of nitrogens with zero attached hydrogens (tertiary/aromatic N) is 1. The topological polar surface area (TPSA) is 87.7 Å². The smallest absolute Gasteiger partial charge is 0.307 e. The first-order valence-corrected chi connectivity index (χ1v) is 8.83. The number of amides is 2. The largest absolute Gasteiger partial charge is 0.469 e. The molecule has 0 bridgehead atoms. The molecule has 0 spiro atoms. The van der Waals surface area contributed by atoms with Crippen molar-refractivity contribution in [2.75, 3.05) is 26.7 Å². The molecule has 25 heavy (non-hydrogen) atoms.